The third-order valence-electron chi connectivity index (χ3n) is 13.3. The highest BCUT2D eigenvalue weighted by Gasteiger charge is 2.49. The average molecular weight is 784 g/mol. The molecule has 2 aliphatic rings. The minimum Gasteiger partial charge on any atom is -0.310 e. The van der Waals surface area contributed by atoms with Gasteiger partial charge in [0.05, 0.1) is 0 Å². The zero-order valence-corrected chi connectivity index (χ0v) is 35.2. The number of benzene rings is 9. The van der Waals surface area contributed by atoms with Crippen molar-refractivity contribution in [3.8, 4) is 44.5 Å². The molecule has 2 heteroatoms. The van der Waals surface area contributed by atoms with Crippen molar-refractivity contribution in [2.45, 2.75) is 26.2 Å². The number of fused-ring (bicyclic) bond motifs is 6. The van der Waals surface area contributed by atoms with E-state index in [0.29, 0.717) is 0 Å². The van der Waals surface area contributed by atoms with Crippen LogP contribution in [0.1, 0.15) is 30.5 Å². The van der Waals surface area contributed by atoms with E-state index >= 15 is 0 Å². The van der Waals surface area contributed by atoms with Crippen molar-refractivity contribution in [3.05, 3.63) is 235 Å². The van der Waals surface area contributed by atoms with E-state index < -0.39 is 8.07 Å². The van der Waals surface area contributed by atoms with Gasteiger partial charge in [-0.05, 0) is 125 Å². The molecule has 286 valence electrons. The third-order valence-corrected chi connectivity index (χ3v) is 18.1. The Kier molecular flexibility index (Phi) is 8.47. The van der Waals surface area contributed by atoms with Crippen LogP contribution < -0.4 is 25.6 Å². The van der Waals surface area contributed by atoms with Crippen LogP contribution in [0.5, 0.6) is 0 Å². The lowest BCUT2D eigenvalue weighted by atomic mass is 9.82. The van der Waals surface area contributed by atoms with Gasteiger partial charge in [0.2, 0.25) is 0 Å². The Morgan fingerprint density at radius 3 is 1.58 bits per heavy atom. The first-order valence-electron chi connectivity index (χ1n) is 21.1. The first-order valence-corrected chi connectivity index (χ1v) is 23.1. The highest BCUT2D eigenvalue weighted by Crippen LogP contribution is 2.51. The lowest BCUT2D eigenvalue weighted by Gasteiger charge is -2.34. The predicted molar refractivity (Wildman–Crippen MR) is 257 cm³/mol. The molecule has 11 rings (SSSR count). The molecule has 0 unspecified atom stereocenters. The van der Waals surface area contributed by atoms with Crippen LogP contribution in [-0.4, -0.2) is 8.07 Å². The molecule has 9 aromatic rings. The molecule has 0 saturated carbocycles. The molecule has 0 spiro atoms. The van der Waals surface area contributed by atoms with Crippen molar-refractivity contribution in [3.63, 3.8) is 0 Å². The van der Waals surface area contributed by atoms with Gasteiger partial charge in [-0.25, -0.2) is 0 Å². The van der Waals surface area contributed by atoms with Gasteiger partial charge in [-0.15, -0.1) is 0 Å². The van der Waals surface area contributed by atoms with Crippen LogP contribution in [0.2, 0.25) is 0 Å². The van der Waals surface area contributed by atoms with Crippen molar-refractivity contribution < 1.29 is 0 Å². The van der Waals surface area contributed by atoms with Gasteiger partial charge >= 0.3 is 0 Å². The SMILES string of the molecule is Cc1ccccc1-c1ccc(N(c2cc(-c3ccccc3)cc([Si]3(c4ccccc4)c4ccccc4-c4ccccc43)c2)c2ccc3c(c2)C(C)(C)c2ccccc2-3)cc1. The van der Waals surface area contributed by atoms with Crippen molar-refractivity contribution in [1.29, 1.82) is 0 Å². The van der Waals surface area contributed by atoms with Crippen LogP contribution in [-0.2, 0) is 5.41 Å². The summed E-state index contributed by atoms with van der Waals surface area (Å²) in [5.74, 6) is 0. The Hall–Kier alpha value is -7.00. The summed E-state index contributed by atoms with van der Waals surface area (Å²) in [4.78, 5) is 2.51. The van der Waals surface area contributed by atoms with Crippen molar-refractivity contribution in [2.24, 2.45) is 0 Å². The Labute approximate surface area is 354 Å². The van der Waals surface area contributed by atoms with Gasteiger partial charge in [0.25, 0.3) is 0 Å². The quantitative estimate of drug-likeness (QED) is 0.146. The maximum Gasteiger partial charge on any atom is 0.180 e. The Morgan fingerprint density at radius 1 is 0.350 bits per heavy atom. The fourth-order valence-electron chi connectivity index (χ4n) is 10.4. The molecule has 0 amide bonds. The smallest absolute Gasteiger partial charge is 0.180 e. The maximum absolute atomic E-state index is 2.84. The molecular formula is C58H45NSi. The van der Waals surface area contributed by atoms with Gasteiger partial charge in [0, 0.05) is 22.5 Å². The molecule has 60 heavy (non-hydrogen) atoms. The molecule has 0 N–H and O–H groups in total. The Morgan fingerprint density at radius 2 is 0.900 bits per heavy atom. The van der Waals surface area contributed by atoms with Crippen LogP contribution in [0.25, 0.3) is 44.5 Å². The second-order valence-corrected chi connectivity index (χ2v) is 20.7. The van der Waals surface area contributed by atoms with E-state index in [1.54, 1.807) is 0 Å². The molecule has 0 bridgehead atoms. The molecule has 0 radical (unpaired) electrons. The summed E-state index contributed by atoms with van der Waals surface area (Å²) in [5.41, 5.74) is 17.5. The number of hydrogen-bond acceptors (Lipinski definition) is 1. The predicted octanol–water partition coefficient (Wildman–Crippen LogP) is 12.5. The number of rotatable bonds is 7. The van der Waals surface area contributed by atoms with Crippen LogP contribution >= 0.6 is 0 Å². The zero-order valence-electron chi connectivity index (χ0n) is 34.2. The lowest BCUT2D eigenvalue weighted by molar-refractivity contribution is 0.660. The second kappa shape index (κ2) is 14.1. The summed E-state index contributed by atoms with van der Waals surface area (Å²) < 4.78 is 0. The minimum absolute atomic E-state index is 0.138. The van der Waals surface area contributed by atoms with Gasteiger partial charge in [0.15, 0.2) is 8.07 Å². The van der Waals surface area contributed by atoms with E-state index in [1.807, 2.05) is 0 Å². The second-order valence-electron chi connectivity index (χ2n) is 16.9. The van der Waals surface area contributed by atoms with Gasteiger partial charge in [0.1, 0.15) is 0 Å². The lowest BCUT2D eigenvalue weighted by Crippen LogP contribution is -2.72. The molecule has 0 saturated heterocycles. The fraction of sp³-hybridized carbons (Fsp3) is 0.0690. The van der Waals surface area contributed by atoms with E-state index in [0.717, 1.165) is 17.1 Å². The average Bonchev–Trinajstić information content (AvgIpc) is 3.73. The highest BCUT2D eigenvalue weighted by atomic mass is 28.3. The molecule has 0 atom stereocenters. The van der Waals surface area contributed by atoms with E-state index in [1.165, 1.54) is 81.9 Å². The van der Waals surface area contributed by atoms with Crippen molar-refractivity contribution in [1.82, 2.24) is 0 Å². The third kappa shape index (κ3) is 5.52. The number of aryl methyl sites for hydroxylation is 1. The zero-order chi connectivity index (χ0) is 40.4. The largest absolute Gasteiger partial charge is 0.310 e. The first-order chi connectivity index (χ1) is 29.4. The summed E-state index contributed by atoms with van der Waals surface area (Å²) >= 11 is 0. The Bertz CT molecular complexity index is 3030. The molecule has 0 fully saturated rings. The summed E-state index contributed by atoms with van der Waals surface area (Å²) in [5, 5.41) is 5.65. The van der Waals surface area contributed by atoms with E-state index in [-0.39, 0.29) is 5.41 Å². The van der Waals surface area contributed by atoms with Crippen LogP contribution in [0.4, 0.5) is 17.1 Å². The first kappa shape index (κ1) is 36.1. The standard InChI is InChI=1S/C58H45NSi/c1-40-18-10-11-23-49(40)42-30-32-44(33-31-42)59(45-34-35-51-50-24-12-15-27-54(50)58(2,3)55(51)39-45)46-36-43(41-19-6-4-7-20-41)37-48(38-46)60(47-21-8-5-9-22-47)56-28-16-13-25-52(56)53-26-14-17-29-57(53)60/h4-39H,1-3H3. The van der Waals surface area contributed by atoms with E-state index in [9.17, 15) is 0 Å². The maximum atomic E-state index is 2.53. The summed E-state index contributed by atoms with van der Waals surface area (Å²) in [6.07, 6.45) is 0. The highest BCUT2D eigenvalue weighted by molar-refractivity contribution is 7.22. The fourth-order valence-corrected chi connectivity index (χ4v) is 15.7. The van der Waals surface area contributed by atoms with Crippen molar-refractivity contribution in [2.75, 3.05) is 4.90 Å². The summed E-state index contributed by atoms with van der Waals surface area (Å²) in [6.45, 7) is 6.95. The van der Waals surface area contributed by atoms with Crippen LogP contribution in [0.15, 0.2) is 218 Å². The summed E-state index contributed by atoms with van der Waals surface area (Å²) in [6, 6.07) is 82.1. The molecule has 1 nitrogen and oxygen atoms in total. The molecule has 1 heterocycles. The molecular weight excluding hydrogens is 739 g/mol. The van der Waals surface area contributed by atoms with Crippen LogP contribution in [0, 0.1) is 6.92 Å². The monoisotopic (exact) mass is 783 g/mol. The molecule has 1 aliphatic heterocycles. The van der Waals surface area contributed by atoms with Crippen LogP contribution in [0.3, 0.4) is 0 Å². The number of anilines is 3. The van der Waals surface area contributed by atoms with Gasteiger partial charge in [-0.3, -0.25) is 0 Å². The Balaban J connectivity index is 1.20. The van der Waals surface area contributed by atoms with E-state index in [2.05, 4.69) is 244 Å². The van der Waals surface area contributed by atoms with Gasteiger partial charge in [-0.2, -0.15) is 0 Å². The minimum atomic E-state index is -2.84. The van der Waals surface area contributed by atoms with E-state index in [4.69, 9.17) is 0 Å². The van der Waals surface area contributed by atoms with Gasteiger partial charge in [-0.1, -0.05) is 196 Å². The molecule has 1 aliphatic carbocycles. The topological polar surface area (TPSA) is 3.24 Å². The van der Waals surface area contributed by atoms with Crippen molar-refractivity contribution >= 4 is 45.9 Å². The number of nitrogens with zero attached hydrogens (tertiary/aromatic N) is 1. The molecule has 9 aromatic carbocycles. The van der Waals surface area contributed by atoms with Gasteiger partial charge < -0.3 is 4.90 Å². The molecule has 0 aromatic heterocycles. The normalized spacial score (nSPS) is 13.8. The summed E-state index contributed by atoms with van der Waals surface area (Å²) in [7, 11) is -2.84. The number of hydrogen-bond donors (Lipinski definition) is 0.